The molecule has 0 unspecified atom stereocenters. The topological polar surface area (TPSA) is 47.6 Å². The van der Waals surface area contributed by atoms with E-state index in [1.54, 1.807) is 13.1 Å². The van der Waals surface area contributed by atoms with Crippen LogP contribution >= 0.6 is 0 Å². The molecule has 2 saturated heterocycles. The summed E-state index contributed by atoms with van der Waals surface area (Å²) in [5, 5.41) is 6.23. The van der Waals surface area contributed by atoms with Crippen LogP contribution in [0.25, 0.3) is 0 Å². The Morgan fingerprint density at radius 1 is 1.21 bits per heavy atom. The predicted octanol–water partition coefficient (Wildman–Crippen LogP) is 2.12. The van der Waals surface area contributed by atoms with E-state index in [-0.39, 0.29) is 18.0 Å². The normalized spacial score (nSPS) is 24.6. The van der Waals surface area contributed by atoms with Crippen molar-refractivity contribution in [3.05, 3.63) is 35.4 Å². The van der Waals surface area contributed by atoms with Gasteiger partial charge in [0.15, 0.2) is 11.6 Å². The average Bonchev–Trinajstić information content (AvgIpc) is 3.13. The Kier molecular flexibility index (Phi) is 7.37. The SMILES string of the molecule is CCCN1CCC(N2C[C@H](NCc3ccc(F)c(F)c3)C[C@H]2C(=O)NC)CC1. The largest absolute Gasteiger partial charge is 0.358 e. The molecule has 1 aromatic rings. The van der Waals surface area contributed by atoms with E-state index in [0.717, 1.165) is 51.5 Å². The minimum absolute atomic E-state index is 0.0631. The second-order valence-corrected chi connectivity index (χ2v) is 7.96. The molecule has 2 heterocycles. The van der Waals surface area contributed by atoms with E-state index in [9.17, 15) is 13.6 Å². The second-order valence-electron chi connectivity index (χ2n) is 7.96. The van der Waals surface area contributed by atoms with Crippen molar-refractivity contribution in [3.63, 3.8) is 0 Å². The molecule has 28 heavy (non-hydrogen) atoms. The summed E-state index contributed by atoms with van der Waals surface area (Å²) in [5.41, 5.74) is 0.710. The molecule has 5 nitrogen and oxygen atoms in total. The number of amides is 1. The number of carbonyl (C=O) groups excluding carboxylic acids is 1. The standard InChI is InChI=1S/C21H32F2N4O/c1-3-8-26-9-6-17(7-10-26)27-14-16(12-20(27)21(28)24-2)25-13-15-4-5-18(22)19(23)11-15/h4-5,11,16-17,20,25H,3,6-10,12-14H2,1-2H3,(H,24,28)/t16-,20+/m1/s1. The number of piperidine rings is 1. The quantitative estimate of drug-likeness (QED) is 0.744. The summed E-state index contributed by atoms with van der Waals surface area (Å²) in [7, 11) is 1.69. The third-order valence-corrected chi connectivity index (χ3v) is 6.03. The lowest BCUT2D eigenvalue weighted by Gasteiger charge is -2.38. The molecule has 0 radical (unpaired) electrons. The van der Waals surface area contributed by atoms with E-state index in [1.165, 1.54) is 12.5 Å². The van der Waals surface area contributed by atoms with Crippen LogP contribution in [0.15, 0.2) is 18.2 Å². The third-order valence-electron chi connectivity index (χ3n) is 6.03. The van der Waals surface area contributed by atoms with Gasteiger partial charge in [-0.15, -0.1) is 0 Å². The molecule has 2 N–H and O–H groups in total. The van der Waals surface area contributed by atoms with Crippen molar-refractivity contribution in [3.8, 4) is 0 Å². The van der Waals surface area contributed by atoms with Gasteiger partial charge in [0, 0.05) is 32.2 Å². The number of benzene rings is 1. The molecular weight excluding hydrogens is 362 g/mol. The van der Waals surface area contributed by atoms with Crippen LogP contribution in [0.2, 0.25) is 0 Å². The molecule has 2 atom stereocenters. The summed E-state index contributed by atoms with van der Waals surface area (Å²) in [6, 6.07) is 4.43. The molecule has 2 aliphatic heterocycles. The Morgan fingerprint density at radius 3 is 2.61 bits per heavy atom. The highest BCUT2D eigenvalue weighted by molar-refractivity contribution is 5.82. The Hall–Kier alpha value is -1.57. The Balaban J connectivity index is 1.59. The van der Waals surface area contributed by atoms with E-state index in [1.807, 2.05) is 0 Å². The maximum absolute atomic E-state index is 13.4. The summed E-state index contributed by atoms with van der Waals surface area (Å²) in [6.45, 7) is 6.79. The molecule has 0 aliphatic carbocycles. The van der Waals surface area contributed by atoms with Gasteiger partial charge in [0.25, 0.3) is 0 Å². The van der Waals surface area contributed by atoms with Gasteiger partial charge in [-0.1, -0.05) is 13.0 Å². The summed E-state index contributed by atoms with van der Waals surface area (Å²) in [4.78, 5) is 17.3. The maximum atomic E-state index is 13.4. The smallest absolute Gasteiger partial charge is 0.237 e. The van der Waals surface area contributed by atoms with Crippen molar-refractivity contribution in [1.82, 2.24) is 20.4 Å². The van der Waals surface area contributed by atoms with Gasteiger partial charge in [-0.2, -0.15) is 0 Å². The van der Waals surface area contributed by atoms with Crippen molar-refractivity contribution in [2.75, 3.05) is 33.2 Å². The van der Waals surface area contributed by atoms with Crippen LogP contribution in [0.5, 0.6) is 0 Å². The second kappa shape index (κ2) is 9.76. The molecule has 3 rings (SSSR count). The molecule has 1 aromatic carbocycles. The van der Waals surface area contributed by atoms with Gasteiger partial charge in [0.2, 0.25) is 5.91 Å². The Morgan fingerprint density at radius 2 is 1.96 bits per heavy atom. The number of nitrogens with zero attached hydrogens (tertiary/aromatic N) is 2. The molecule has 0 spiro atoms. The highest BCUT2D eigenvalue weighted by Gasteiger charge is 2.40. The first kappa shape index (κ1) is 21.1. The number of nitrogens with one attached hydrogen (secondary N) is 2. The first-order valence-electron chi connectivity index (χ1n) is 10.4. The van der Waals surface area contributed by atoms with Crippen LogP contribution in [-0.2, 0) is 11.3 Å². The van der Waals surface area contributed by atoms with E-state index >= 15 is 0 Å². The molecular formula is C21H32F2N4O. The third kappa shape index (κ3) is 5.07. The van der Waals surface area contributed by atoms with Crippen LogP contribution in [0.3, 0.4) is 0 Å². The lowest BCUT2D eigenvalue weighted by molar-refractivity contribution is -0.126. The molecule has 1 amide bonds. The van der Waals surface area contributed by atoms with E-state index in [4.69, 9.17) is 0 Å². The molecule has 7 heteroatoms. The Labute approximate surface area is 166 Å². The van der Waals surface area contributed by atoms with Crippen molar-refractivity contribution >= 4 is 5.91 Å². The summed E-state index contributed by atoms with van der Waals surface area (Å²) < 4.78 is 26.5. The van der Waals surface area contributed by atoms with Crippen LogP contribution in [0.1, 0.15) is 38.2 Å². The van der Waals surface area contributed by atoms with E-state index in [0.29, 0.717) is 18.2 Å². The summed E-state index contributed by atoms with van der Waals surface area (Å²) in [6.07, 6.45) is 4.08. The first-order valence-corrected chi connectivity index (χ1v) is 10.4. The van der Waals surface area contributed by atoms with Gasteiger partial charge >= 0.3 is 0 Å². The van der Waals surface area contributed by atoms with Crippen LogP contribution in [0.4, 0.5) is 8.78 Å². The maximum Gasteiger partial charge on any atom is 0.237 e. The zero-order chi connectivity index (χ0) is 20.1. The number of rotatable bonds is 7. The molecule has 0 aromatic heterocycles. The number of likely N-dealkylation sites (tertiary alicyclic amines) is 2. The lowest BCUT2D eigenvalue weighted by atomic mass is 10.0. The monoisotopic (exact) mass is 394 g/mol. The minimum atomic E-state index is -0.829. The van der Waals surface area contributed by atoms with Gasteiger partial charge in [-0.25, -0.2) is 8.78 Å². The number of carbonyl (C=O) groups is 1. The molecule has 0 saturated carbocycles. The number of halogens is 2. The number of hydrogen-bond donors (Lipinski definition) is 2. The van der Waals surface area contributed by atoms with E-state index < -0.39 is 11.6 Å². The van der Waals surface area contributed by atoms with Crippen LogP contribution < -0.4 is 10.6 Å². The van der Waals surface area contributed by atoms with Gasteiger partial charge in [0.1, 0.15) is 0 Å². The highest BCUT2D eigenvalue weighted by atomic mass is 19.2. The Bertz CT molecular complexity index is 664. The molecule has 0 bridgehead atoms. The zero-order valence-corrected chi connectivity index (χ0v) is 16.9. The van der Waals surface area contributed by atoms with Gasteiger partial charge in [0.05, 0.1) is 6.04 Å². The van der Waals surface area contributed by atoms with Crippen molar-refractivity contribution in [1.29, 1.82) is 0 Å². The van der Waals surface area contributed by atoms with Crippen molar-refractivity contribution < 1.29 is 13.6 Å². The van der Waals surface area contributed by atoms with Gasteiger partial charge in [-0.05, 0) is 63.0 Å². The summed E-state index contributed by atoms with van der Waals surface area (Å²) in [5.74, 6) is -1.59. The number of hydrogen-bond acceptors (Lipinski definition) is 4. The number of likely N-dealkylation sites (N-methyl/N-ethyl adjacent to an activating group) is 1. The minimum Gasteiger partial charge on any atom is -0.358 e. The van der Waals surface area contributed by atoms with Crippen LogP contribution in [-0.4, -0.2) is 67.1 Å². The fourth-order valence-electron chi connectivity index (χ4n) is 4.54. The van der Waals surface area contributed by atoms with Crippen LogP contribution in [0, 0.1) is 11.6 Å². The zero-order valence-electron chi connectivity index (χ0n) is 16.9. The first-order chi connectivity index (χ1) is 13.5. The van der Waals surface area contributed by atoms with Gasteiger partial charge in [-0.3, -0.25) is 9.69 Å². The fourth-order valence-corrected chi connectivity index (χ4v) is 4.54. The lowest BCUT2D eigenvalue weighted by Crippen LogP contribution is -2.51. The summed E-state index contributed by atoms with van der Waals surface area (Å²) >= 11 is 0. The molecule has 156 valence electrons. The van der Waals surface area contributed by atoms with Crippen molar-refractivity contribution in [2.45, 2.75) is 57.3 Å². The van der Waals surface area contributed by atoms with Crippen molar-refractivity contribution in [2.24, 2.45) is 0 Å². The fraction of sp³-hybridized carbons (Fsp3) is 0.667. The van der Waals surface area contributed by atoms with E-state index in [2.05, 4.69) is 27.4 Å². The highest BCUT2D eigenvalue weighted by Crippen LogP contribution is 2.27. The average molecular weight is 395 g/mol. The molecule has 2 fully saturated rings. The predicted molar refractivity (Wildman–Crippen MR) is 106 cm³/mol. The van der Waals surface area contributed by atoms with Gasteiger partial charge < -0.3 is 15.5 Å². The molecule has 2 aliphatic rings.